The number of nitrogens with one attached hydrogen (secondary N) is 1. The van der Waals surface area contributed by atoms with Crippen molar-refractivity contribution in [1.29, 1.82) is 0 Å². The van der Waals surface area contributed by atoms with Crippen LogP contribution in [0.4, 0.5) is 0 Å². The quantitative estimate of drug-likeness (QED) is 0.801. The van der Waals surface area contributed by atoms with E-state index in [0.717, 1.165) is 19.3 Å². The fourth-order valence-electron chi connectivity index (χ4n) is 2.58. The normalized spacial score (nSPS) is 23.8. The molecule has 4 nitrogen and oxygen atoms in total. The van der Waals surface area contributed by atoms with E-state index in [9.17, 15) is 9.59 Å². The second-order valence-electron chi connectivity index (χ2n) is 7.20. The molecule has 0 aromatic carbocycles. The summed E-state index contributed by atoms with van der Waals surface area (Å²) >= 11 is 0. The Bertz CT molecular complexity index is 355. The fraction of sp³-hybridized carbons (Fsp3) is 0.867. The lowest BCUT2D eigenvalue weighted by Gasteiger charge is -2.28. The highest BCUT2D eigenvalue weighted by Gasteiger charge is 2.40. The second kappa shape index (κ2) is 5.51. The summed E-state index contributed by atoms with van der Waals surface area (Å²) in [5.41, 5.74) is -0.500. The molecular weight excluding hydrogens is 242 g/mol. The molecule has 1 amide bonds. The molecule has 2 atom stereocenters. The van der Waals surface area contributed by atoms with Crippen LogP contribution < -0.4 is 5.32 Å². The summed E-state index contributed by atoms with van der Waals surface area (Å²) in [7, 11) is 0. The second-order valence-corrected chi connectivity index (χ2v) is 7.20. The molecule has 1 unspecified atom stereocenters. The Morgan fingerprint density at radius 3 is 2.32 bits per heavy atom. The predicted octanol–water partition coefficient (Wildman–Crippen LogP) is 2.66. The summed E-state index contributed by atoms with van der Waals surface area (Å²) < 4.78 is 5.26. The van der Waals surface area contributed by atoms with Crippen LogP contribution in [0.5, 0.6) is 0 Å². The van der Waals surface area contributed by atoms with E-state index in [2.05, 4.69) is 19.2 Å². The molecule has 0 heterocycles. The summed E-state index contributed by atoms with van der Waals surface area (Å²) in [4.78, 5) is 24.1. The molecule has 0 bridgehead atoms. The van der Waals surface area contributed by atoms with E-state index < -0.39 is 11.6 Å². The zero-order valence-electron chi connectivity index (χ0n) is 13.0. The minimum atomic E-state index is -0.594. The van der Waals surface area contributed by atoms with Crippen molar-refractivity contribution in [3.05, 3.63) is 0 Å². The Hall–Kier alpha value is -1.06. The summed E-state index contributed by atoms with van der Waals surface area (Å²) in [5.74, 6) is -0.408. The van der Waals surface area contributed by atoms with E-state index in [1.807, 2.05) is 20.8 Å². The summed E-state index contributed by atoms with van der Waals surface area (Å²) in [6, 6.07) is -0.594. The number of hydrogen-bond acceptors (Lipinski definition) is 3. The van der Waals surface area contributed by atoms with E-state index in [-0.39, 0.29) is 23.2 Å². The average Bonchev–Trinajstić information content (AvgIpc) is 2.55. The maximum absolute atomic E-state index is 12.2. The first-order chi connectivity index (χ1) is 8.53. The van der Waals surface area contributed by atoms with Gasteiger partial charge < -0.3 is 10.1 Å². The molecule has 0 spiro atoms. The third kappa shape index (κ3) is 4.51. The summed E-state index contributed by atoms with van der Waals surface area (Å²) in [6.45, 7) is 11.4. The molecule has 1 aliphatic carbocycles. The van der Waals surface area contributed by atoms with Gasteiger partial charge in [-0.1, -0.05) is 20.3 Å². The maximum Gasteiger partial charge on any atom is 0.328 e. The minimum Gasteiger partial charge on any atom is -0.458 e. The molecule has 0 saturated heterocycles. The molecule has 1 N–H and O–H groups in total. The van der Waals surface area contributed by atoms with Gasteiger partial charge in [-0.15, -0.1) is 0 Å². The third-order valence-electron chi connectivity index (χ3n) is 3.69. The van der Waals surface area contributed by atoms with Crippen LogP contribution in [0.15, 0.2) is 0 Å². The maximum atomic E-state index is 12.2. The molecule has 110 valence electrons. The Morgan fingerprint density at radius 1 is 1.32 bits per heavy atom. The molecule has 19 heavy (non-hydrogen) atoms. The first-order valence-electron chi connectivity index (χ1n) is 7.06. The van der Waals surface area contributed by atoms with Crippen molar-refractivity contribution in [2.24, 2.45) is 11.3 Å². The van der Waals surface area contributed by atoms with Gasteiger partial charge in [-0.25, -0.2) is 4.79 Å². The molecule has 1 saturated carbocycles. The SMILES string of the molecule is C[C@H](NC(=O)C1CCCC1(C)C)C(=O)OC(C)(C)C. The van der Waals surface area contributed by atoms with Crippen molar-refractivity contribution in [2.45, 2.75) is 72.4 Å². The smallest absolute Gasteiger partial charge is 0.328 e. The van der Waals surface area contributed by atoms with Crippen LogP contribution in [-0.2, 0) is 14.3 Å². The van der Waals surface area contributed by atoms with E-state index in [1.54, 1.807) is 6.92 Å². The van der Waals surface area contributed by atoms with Gasteiger partial charge >= 0.3 is 5.97 Å². The predicted molar refractivity (Wildman–Crippen MR) is 74.6 cm³/mol. The zero-order valence-corrected chi connectivity index (χ0v) is 13.0. The molecule has 4 heteroatoms. The van der Waals surface area contributed by atoms with Gasteiger partial charge in [0.15, 0.2) is 0 Å². The molecular formula is C15H27NO3. The molecule has 0 aliphatic heterocycles. The number of esters is 1. The highest BCUT2D eigenvalue weighted by Crippen LogP contribution is 2.42. The molecule has 0 aromatic rings. The van der Waals surface area contributed by atoms with Crippen molar-refractivity contribution < 1.29 is 14.3 Å². The van der Waals surface area contributed by atoms with Crippen molar-refractivity contribution in [1.82, 2.24) is 5.32 Å². The number of carbonyl (C=O) groups is 2. The topological polar surface area (TPSA) is 55.4 Å². The van der Waals surface area contributed by atoms with Crippen LogP contribution in [0.25, 0.3) is 0 Å². The summed E-state index contributed by atoms with van der Waals surface area (Å²) in [5, 5.41) is 2.79. The van der Waals surface area contributed by atoms with Crippen LogP contribution in [0.3, 0.4) is 0 Å². The Kier molecular flexibility index (Phi) is 4.64. The number of rotatable bonds is 3. The van der Waals surface area contributed by atoms with Crippen LogP contribution in [0.1, 0.15) is 60.8 Å². The molecule has 1 aliphatic rings. The van der Waals surface area contributed by atoms with Gasteiger partial charge in [-0.2, -0.15) is 0 Å². The van der Waals surface area contributed by atoms with E-state index in [1.165, 1.54) is 0 Å². The lowest BCUT2D eigenvalue weighted by atomic mass is 9.81. The van der Waals surface area contributed by atoms with Crippen molar-refractivity contribution in [3.63, 3.8) is 0 Å². The van der Waals surface area contributed by atoms with Gasteiger partial charge in [0.25, 0.3) is 0 Å². The van der Waals surface area contributed by atoms with Crippen LogP contribution in [0, 0.1) is 11.3 Å². The third-order valence-corrected chi connectivity index (χ3v) is 3.69. The lowest BCUT2D eigenvalue weighted by Crippen LogP contribution is -2.46. The van der Waals surface area contributed by atoms with Crippen LogP contribution in [0.2, 0.25) is 0 Å². The lowest BCUT2D eigenvalue weighted by molar-refractivity contribution is -0.158. The monoisotopic (exact) mass is 269 g/mol. The van der Waals surface area contributed by atoms with Crippen molar-refractivity contribution in [2.75, 3.05) is 0 Å². The molecule has 1 rings (SSSR count). The van der Waals surface area contributed by atoms with Gasteiger partial charge in [0.05, 0.1) is 0 Å². The average molecular weight is 269 g/mol. The van der Waals surface area contributed by atoms with Crippen molar-refractivity contribution >= 4 is 11.9 Å². The standard InChI is InChI=1S/C15H27NO3/c1-10(13(18)19-14(2,3)4)16-12(17)11-8-7-9-15(11,5)6/h10-11H,7-9H2,1-6H3,(H,16,17)/t10-,11?/m0/s1. The number of amides is 1. The first kappa shape index (κ1) is 16.0. The van der Waals surface area contributed by atoms with Gasteiger partial charge in [0, 0.05) is 5.92 Å². The number of carbonyl (C=O) groups excluding carboxylic acids is 2. The van der Waals surface area contributed by atoms with Gasteiger partial charge in [0.2, 0.25) is 5.91 Å². The van der Waals surface area contributed by atoms with Gasteiger partial charge in [0.1, 0.15) is 11.6 Å². The number of hydrogen-bond donors (Lipinski definition) is 1. The van der Waals surface area contributed by atoms with Gasteiger partial charge in [-0.3, -0.25) is 4.79 Å². The first-order valence-corrected chi connectivity index (χ1v) is 7.06. The van der Waals surface area contributed by atoms with Gasteiger partial charge in [-0.05, 0) is 46.0 Å². The zero-order chi connectivity index (χ0) is 14.8. The highest BCUT2D eigenvalue weighted by atomic mass is 16.6. The minimum absolute atomic E-state index is 0.00242. The van der Waals surface area contributed by atoms with E-state index in [4.69, 9.17) is 4.74 Å². The van der Waals surface area contributed by atoms with Crippen LogP contribution in [-0.4, -0.2) is 23.5 Å². The molecule has 0 aromatic heterocycles. The van der Waals surface area contributed by atoms with Crippen LogP contribution >= 0.6 is 0 Å². The largest absolute Gasteiger partial charge is 0.458 e. The Balaban J connectivity index is 2.55. The number of ether oxygens (including phenoxy) is 1. The molecule has 1 fully saturated rings. The van der Waals surface area contributed by atoms with E-state index >= 15 is 0 Å². The summed E-state index contributed by atoms with van der Waals surface area (Å²) in [6.07, 6.45) is 3.04. The van der Waals surface area contributed by atoms with Crippen molar-refractivity contribution in [3.8, 4) is 0 Å². The fourth-order valence-corrected chi connectivity index (χ4v) is 2.58. The Labute approximate surface area is 116 Å². The van der Waals surface area contributed by atoms with E-state index in [0.29, 0.717) is 0 Å². The highest BCUT2D eigenvalue weighted by molar-refractivity contribution is 5.86. The molecule has 0 radical (unpaired) electrons. The Morgan fingerprint density at radius 2 is 1.89 bits per heavy atom.